The van der Waals surface area contributed by atoms with E-state index in [0.717, 1.165) is 6.42 Å². The van der Waals surface area contributed by atoms with Gasteiger partial charge in [-0.3, -0.25) is 14.9 Å². The fourth-order valence-electron chi connectivity index (χ4n) is 3.93. The van der Waals surface area contributed by atoms with Crippen LogP contribution in [0.3, 0.4) is 0 Å². The minimum Gasteiger partial charge on any atom is -0.296 e. The van der Waals surface area contributed by atoms with Crippen LogP contribution in [0.25, 0.3) is 0 Å². The first-order valence-corrected chi connectivity index (χ1v) is 8.86. The summed E-state index contributed by atoms with van der Waals surface area (Å²) in [6.45, 7) is 0. The van der Waals surface area contributed by atoms with Crippen molar-refractivity contribution in [2.45, 2.75) is 63.7 Å². The summed E-state index contributed by atoms with van der Waals surface area (Å²) in [7, 11) is 0. The van der Waals surface area contributed by atoms with Crippen LogP contribution in [0.1, 0.15) is 68.4 Å². The highest BCUT2D eigenvalue weighted by molar-refractivity contribution is 6.00. The zero-order valence-electron chi connectivity index (χ0n) is 13.7. The maximum absolute atomic E-state index is 14.4. The predicted octanol–water partition coefficient (Wildman–Crippen LogP) is 4.00. The van der Waals surface area contributed by atoms with E-state index in [1.54, 1.807) is 0 Å². The van der Waals surface area contributed by atoms with E-state index < -0.39 is 23.5 Å². The molecule has 130 valence electrons. The van der Waals surface area contributed by atoms with Crippen molar-refractivity contribution < 1.29 is 18.4 Å². The van der Waals surface area contributed by atoms with Crippen LogP contribution in [0, 0.1) is 17.6 Å². The number of benzene rings is 1. The zero-order chi connectivity index (χ0) is 17.1. The Morgan fingerprint density at radius 2 is 1.67 bits per heavy atom. The lowest BCUT2D eigenvalue weighted by Gasteiger charge is -2.23. The van der Waals surface area contributed by atoms with Gasteiger partial charge < -0.3 is 0 Å². The Morgan fingerprint density at radius 1 is 1.00 bits per heavy atom. The number of halogens is 2. The predicted molar refractivity (Wildman–Crippen MR) is 86.4 cm³/mol. The standard InChI is InChI=1S/C19H23F2NO2/c20-15-10-13(7-6-12-4-2-1-3-5-12)11-16(21)18(15)14-8-9-17(23)22-19(14)24/h10-12,14H,1-9H2,(H,22,23,24). The topological polar surface area (TPSA) is 46.2 Å². The number of piperidine rings is 1. The molecule has 1 aromatic rings. The summed E-state index contributed by atoms with van der Waals surface area (Å²) >= 11 is 0. The molecule has 1 aromatic carbocycles. The summed E-state index contributed by atoms with van der Waals surface area (Å²) in [6.07, 6.45) is 8.09. The van der Waals surface area contributed by atoms with Crippen LogP contribution >= 0.6 is 0 Å². The van der Waals surface area contributed by atoms with Crippen molar-refractivity contribution in [2.24, 2.45) is 5.92 Å². The minimum absolute atomic E-state index is 0.110. The van der Waals surface area contributed by atoms with Crippen LogP contribution in [0.15, 0.2) is 12.1 Å². The number of carbonyl (C=O) groups excluding carboxylic acids is 2. The van der Waals surface area contributed by atoms with E-state index in [0.29, 0.717) is 17.9 Å². The second-order valence-electron chi connectivity index (χ2n) is 7.02. The van der Waals surface area contributed by atoms with Gasteiger partial charge in [0, 0.05) is 12.0 Å². The Kier molecular flexibility index (Phi) is 5.27. The highest BCUT2D eigenvalue weighted by Crippen LogP contribution is 2.32. The first kappa shape index (κ1) is 17.1. The second kappa shape index (κ2) is 7.41. The molecule has 3 rings (SSSR count). The molecule has 5 heteroatoms. The Hall–Kier alpha value is -1.78. The van der Waals surface area contributed by atoms with Crippen LogP contribution in [-0.4, -0.2) is 11.8 Å². The molecule has 1 atom stereocenters. The molecule has 0 radical (unpaired) electrons. The summed E-state index contributed by atoms with van der Waals surface area (Å²) in [5.74, 6) is -2.62. The summed E-state index contributed by atoms with van der Waals surface area (Å²) in [4.78, 5) is 23.1. The summed E-state index contributed by atoms with van der Waals surface area (Å²) in [5, 5.41) is 2.15. The van der Waals surface area contributed by atoms with Gasteiger partial charge in [-0.05, 0) is 42.9 Å². The van der Waals surface area contributed by atoms with E-state index in [1.807, 2.05) is 0 Å². The molecule has 1 saturated heterocycles. The van der Waals surface area contributed by atoms with Gasteiger partial charge in [0.2, 0.25) is 11.8 Å². The van der Waals surface area contributed by atoms with Crippen LogP contribution in [0.4, 0.5) is 8.78 Å². The maximum atomic E-state index is 14.4. The van der Waals surface area contributed by atoms with Gasteiger partial charge in [0.1, 0.15) is 11.6 Å². The van der Waals surface area contributed by atoms with Gasteiger partial charge >= 0.3 is 0 Å². The third-order valence-electron chi connectivity index (χ3n) is 5.29. The van der Waals surface area contributed by atoms with Gasteiger partial charge in [0.15, 0.2) is 0 Å². The molecule has 1 N–H and O–H groups in total. The first-order chi connectivity index (χ1) is 11.5. The highest BCUT2D eigenvalue weighted by Gasteiger charge is 2.32. The van der Waals surface area contributed by atoms with E-state index >= 15 is 0 Å². The molecule has 1 heterocycles. The van der Waals surface area contributed by atoms with Gasteiger partial charge in [-0.1, -0.05) is 32.1 Å². The monoisotopic (exact) mass is 335 g/mol. The largest absolute Gasteiger partial charge is 0.296 e. The van der Waals surface area contributed by atoms with Crippen LogP contribution < -0.4 is 5.32 Å². The average molecular weight is 335 g/mol. The summed E-state index contributed by atoms with van der Waals surface area (Å²) < 4.78 is 28.9. The van der Waals surface area contributed by atoms with Crippen molar-refractivity contribution in [1.82, 2.24) is 5.32 Å². The van der Waals surface area contributed by atoms with E-state index in [2.05, 4.69) is 5.32 Å². The molecule has 0 spiro atoms. The average Bonchev–Trinajstić information content (AvgIpc) is 2.55. The fraction of sp³-hybridized carbons (Fsp3) is 0.579. The molecule has 1 unspecified atom stereocenters. The van der Waals surface area contributed by atoms with Crippen LogP contribution in [0.2, 0.25) is 0 Å². The molecule has 3 nitrogen and oxygen atoms in total. The molecule has 0 bridgehead atoms. The molecule has 1 aliphatic carbocycles. The molecular weight excluding hydrogens is 312 g/mol. The van der Waals surface area contributed by atoms with Gasteiger partial charge in [0.05, 0.1) is 5.92 Å². The molecule has 2 fully saturated rings. The van der Waals surface area contributed by atoms with Crippen molar-refractivity contribution in [2.75, 3.05) is 0 Å². The number of aryl methyl sites for hydroxylation is 1. The smallest absolute Gasteiger partial charge is 0.234 e. The van der Waals surface area contributed by atoms with E-state index in [9.17, 15) is 18.4 Å². The third kappa shape index (κ3) is 3.82. The number of imide groups is 1. The second-order valence-corrected chi connectivity index (χ2v) is 7.02. The number of hydrogen-bond acceptors (Lipinski definition) is 2. The highest BCUT2D eigenvalue weighted by atomic mass is 19.1. The lowest BCUT2D eigenvalue weighted by atomic mass is 9.84. The maximum Gasteiger partial charge on any atom is 0.234 e. The molecule has 1 saturated carbocycles. The minimum atomic E-state index is -0.921. The Morgan fingerprint density at radius 3 is 2.29 bits per heavy atom. The number of amides is 2. The normalized spacial score (nSPS) is 22.5. The fourth-order valence-corrected chi connectivity index (χ4v) is 3.93. The Balaban J connectivity index is 1.71. The van der Waals surface area contributed by atoms with E-state index in [-0.39, 0.29) is 24.3 Å². The third-order valence-corrected chi connectivity index (χ3v) is 5.29. The summed E-state index contributed by atoms with van der Waals surface area (Å²) in [5.41, 5.74) is 0.438. The summed E-state index contributed by atoms with van der Waals surface area (Å²) in [6, 6.07) is 2.70. The first-order valence-electron chi connectivity index (χ1n) is 8.86. The molecule has 2 amide bonds. The van der Waals surface area contributed by atoms with Gasteiger partial charge in [-0.25, -0.2) is 8.78 Å². The Labute approximate surface area is 140 Å². The lowest BCUT2D eigenvalue weighted by molar-refractivity contribution is -0.134. The van der Waals surface area contributed by atoms with Crippen LogP contribution in [0.5, 0.6) is 0 Å². The van der Waals surface area contributed by atoms with E-state index in [4.69, 9.17) is 0 Å². The molecule has 24 heavy (non-hydrogen) atoms. The van der Waals surface area contributed by atoms with Gasteiger partial charge in [-0.15, -0.1) is 0 Å². The Bertz CT molecular complexity index is 615. The van der Waals surface area contributed by atoms with Crippen LogP contribution in [-0.2, 0) is 16.0 Å². The quantitative estimate of drug-likeness (QED) is 0.846. The van der Waals surface area contributed by atoms with Gasteiger partial charge in [0.25, 0.3) is 0 Å². The lowest BCUT2D eigenvalue weighted by Crippen LogP contribution is -2.40. The number of hydrogen-bond donors (Lipinski definition) is 1. The van der Waals surface area contributed by atoms with Crippen molar-refractivity contribution in [3.05, 3.63) is 34.9 Å². The molecule has 0 aromatic heterocycles. The van der Waals surface area contributed by atoms with Crippen molar-refractivity contribution >= 4 is 11.8 Å². The number of nitrogens with one attached hydrogen (secondary N) is 1. The van der Waals surface area contributed by atoms with Crippen molar-refractivity contribution in [3.8, 4) is 0 Å². The van der Waals surface area contributed by atoms with Crippen molar-refractivity contribution in [1.29, 1.82) is 0 Å². The van der Waals surface area contributed by atoms with Gasteiger partial charge in [-0.2, -0.15) is 0 Å². The zero-order valence-corrected chi connectivity index (χ0v) is 13.7. The SMILES string of the molecule is O=C1CCC(c2c(F)cc(CCC3CCCCC3)cc2F)C(=O)N1. The molecular formula is C19H23F2NO2. The molecule has 1 aliphatic heterocycles. The van der Waals surface area contributed by atoms with Crippen molar-refractivity contribution in [3.63, 3.8) is 0 Å². The molecule has 2 aliphatic rings. The van der Waals surface area contributed by atoms with E-state index in [1.165, 1.54) is 44.2 Å². The number of carbonyl (C=O) groups is 2. The number of rotatable bonds is 4.